The van der Waals surface area contributed by atoms with Gasteiger partial charge in [-0.25, -0.2) is 0 Å². The number of nitrogen functional groups attached to an aromatic ring is 1. The summed E-state index contributed by atoms with van der Waals surface area (Å²) >= 11 is 0. The number of nitrogens with two attached hydrogens (primary N) is 1. The van der Waals surface area contributed by atoms with Gasteiger partial charge in [0.25, 0.3) is 11.8 Å². The van der Waals surface area contributed by atoms with E-state index in [4.69, 9.17) is 5.73 Å². The van der Waals surface area contributed by atoms with Crippen LogP contribution in [-0.4, -0.2) is 16.7 Å². The number of nitrogens with zero attached hydrogens (tertiary/aromatic N) is 1. The molecule has 112 valence electrons. The van der Waals surface area contributed by atoms with Crippen molar-refractivity contribution in [1.82, 2.24) is 4.90 Å². The van der Waals surface area contributed by atoms with E-state index in [0.29, 0.717) is 16.8 Å². The highest BCUT2D eigenvalue weighted by atomic mass is 16.2. The van der Waals surface area contributed by atoms with Crippen LogP contribution in [0.2, 0.25) is 0 Å². The zero-order valence-corrected chi connectivity index (χ0v) is 12.3. The molecule has 0 radical (unpaired) electrons. The van der Waals surface area contributed by atoms with Crippen molar-refractivity contribution in [3.05, 3.63) is 77.4 Å². The fourth-order valence-electron chi connectivity index (χ4n) is 3.07. The van der Waals surface area contributed by atoms with Crippen LogP contribution in [0.4, 0.5) is 5.69 Å². The predicted molar refractivity (Wildman–Crippen MR) is 89.0 cm³/mol. The molecular formula is C19H14N2O2. The number of imide groups is 1. The fourth-order valence-corrected chi connectivity index (χ4v) is 3.07. The van der Waals surface area contributed by atoms with E-state index in [1.165, 1.54) is 4.90 Å². The molecule has 0 saturated heterocycles. The lowest BCUT2D eigenvalue weighted by Gasteiger charge is -2.27. The minimum Gasteiger partial charge on any atom is -0.398 e. The molecule has 0 spiro atoms. The van der Waals surface area contributed by atoms with Gasteiger partial charge in [-0.05, 0) is 29.1 Å². The van der Waals surface area contributed by atoms with Crippen LogP contribution < -0.4 is 5.73 Å². The Morgan fingerprint density at radius 1 is 0.783 bits per heavy atom. The molecule has 0 atom stereocenters. The third-order valence-corrected chi connectivity index (χ3v) is 4.24. The van der Waals surface area contributed by atoms with Gasteiger partial charge < -0.3 is 5.73 Å². The van der Waals surface area contributed by atoms with Crippen molar-refractivity contribution in [1.29, 1.82) is 0 Å². The standard InChI is InChI=1S/C19H14N2O2/c20-16-10-2-1-5-13(16)11-21-18(22)14-8-3-6-12-7-4-9-15(17(12)14)19(21)23/h1-10H,11,20H2. The first kappa shape index (κ1) is 13.5. The Bertz CT molecular complexity index is 912. The van der Waals surface area contributed by atoms with Crippen LogP contribution in [0.25, 0.3) is 10.8 Å². The molecule has 0 aromatic heterocycles. The molecule has 1 heterocycles. The van der Waals surface area contributed by atoms with E-state index in [2.05, 4.69) is 0 Å². The Labute approximate surface area is 133 Å². The van der Waals surface area contributed by atoms with Crippen LogP contribution in [-0.2, 0) is 6.54 Å². The smallest absolute Gasteiger partial charge is 0.261 e. The molecule has 2 amide bonds. The summed E-state index contributed by atoms with van der Waals surface area (Å²) in [5.74, 6) is -0.551. The van der Waals surface area contributed by atoms with E-state index >= 15 is 0 Å². The summed E-state index contributed by atoms with van der Waals surface area (Å²) < 4.78 is 0. The number of rotatable bonds is 2. The molecule has 4 rings (SSSR count). The number of carbonyl (C=O) groups excluding carboxylic acids is 2. The molecule has 0 bridgehead atoms. The Morgan fingerprint density at radius 2 is 1.39 bits per heavy atom. The predicted octanol–water partition coefficient (Wildman–Crippen LogP) is 3.22. The molecule has 4 heteroatoms. The first-order chi connectivity index (χ1) is 11.2. The number of hydrogen-bond donors (Lipinski definition) is 1. The van der Waals surface area contributed by atoms with Crippen molar-refractivity contribution in [3.63, 3.8) is 0 Å². The van der Waals surface area contributed by atoms with Gasteiger partial charge in [-0.2, -0.15) is 0 Å². The molecule has 4 nitrogen and oxygen atoms in total. The van der Waals surface area contributed by atoms with Gasteiger partial charge in [0.1, 0.15) is 0 Å². The van der Waals surface area contributed by atoms with Crippen molar-refractivity contribution in [2.75, 3.05) is 5.73 Å². The van der Waals surface area contributed by atoms with Gasteiger partial charge in [0.2, 0.25) is 0 Å². The summed E-state index contributed by atoms with van der Waals surface area (Å²) in [7, 11) is 0. The molecule has 23 heavy (non-hydrogen) atoms. The highest BCUT2D eigenvalue weighted by Crippen LogP contribution is 2.31. The SMILES string of the molecule is Nc1ccccc1CN1C(=O)c2cccc3cccc(c23)C1=O. The third-order valence-electron chi connectivity index (χ3n) is 4.24. The highest BCUT2D eigenvalue weighted by Gasteiger charge is 2.32. The molecule has 1 aliphatic rings. The minimum absolute atomic E-state index is 0.176. The van der Waals surface area contributed by atoms with Crippen LogP contribution in [0.1, 0.15) is 26.3 Å². The number of carbonyl (C=O) groups is 2. The van der Waals surface area contributed by atoms with Gasteiger partial charge >= 0.3 is 0 Å². The maximum absolute atomic E-state index is 12.8. The summed E-state index contributed by atoms with van der Waals surface area (Å²) in [6.45, 7) is 0.176. The van der Waals surface area contributed by atoms with Gasteiger partial charge in [-0.15, -0.1) is 0 Å². The lowest BCUT2D eigenvalue weighted by Crippen LogP contribution is -2.39. The molecule has 3 aromatic carbocycles. The first-order valence-corrected chi connectivity index (χ1v) is 7.38. The van der Waals surface area contributed by atoms with E-state index in [-0.39, 0.29) is 18.4 Å². The maximum Gasteiger partial charge on any atom is 0.261 e. The second-order valence-electron chi connectivity index (χ2n) is 5.60. The molecule has 0 aliphatic carbocycles. The van der Waals surface area contributed by atoms with Crippen molar-refractivity contribution in [3.8, 4) is 0 Å². The quantitative estimate of drug-likeness (QED) is 0.584. The van der Waals surface area contributed by atoms with Crippen LogP contribution >= 0.6 is 0 Å². The number of amides is 2. The lowest BCUT2D eigenvalue weighted by atomic mass is 9.94. The summed E-state index contributed by atoms with van der Waals surface area (Å²) in [6, 6.07) is 18.3. The highest BCUT2D eigenvalue weighted by molar-refractivity contribution is 6.25. The Balaban J connectivity index is 1.85. The lowest BCUT2D eigenvalue weighted by molar-refractivity contribution is 0.0598. The average molecular weight is 302 g/mol. The van der Waals surface area contributed by atoms with Crippen LogP contribution in [0, 0.1) is 0 Å². The fraction of sp³-hybridized carbons (Fsp3) is 0.0526. The number of anilines is 1. The van der Waals surface area contributed by atoms with Crippen LogP contribution in [0.5, 0.6) is 0 Å². The van der Waals surface area contributed by atoms with Crippen molar-refractivity contribution in [2.45, 2.75) is 6.54 Å². The minimum atomic E-state index is -0.275. The summed E-state index contributed by atoms with van der Waals surface area (Å²) in [6.07, 6.45) is 0. The van der Waals surface area contributed by atoms with E-state index < -0.39 is 0 Å². The van der Waals surface area contributed by atoms with Crippen molar-refractivity contribution < 1.29 is 9.59 Å². The van der Waals surface area contributed by atoms with E-state index in [0.717, 1.165) is 16.3 Å². The summed E-state index contributed by atoms with van der Waals surface area (Å²) in [5, 5.41) is 1.64. The molecule has 0 fully saturated rings. The topological polar surface area (TPSA) is 63.4 Å². The molecular weight excluding hydrogens is 288 g/mol. The second kappa shape index (κ2) is 4.95. The van der Waals surface area contributed by atoms with E-state index in [1.807, 2.05) is 42.5 Å². The van der Waals surface area contributed by atoms with Crippen molar-refractivity contribution >= 4 is 28.3 Å². The number of benzene rings is 3. The number of hydrogen-bond acceptors (Lipinski definition) is 3. The van der Waals surface area contributed by atoms with Gasteiger partial charge in [-0.3, -0.25) is 14.5 Å². The second-order valence-corrected chi connectivity index (χ2v) is 5.60. The van der Waals surface area contributed by atoms with Crippen molar-refractivity contribution in [2.24, 2.45) is 0 Å². The molecule has 3 aromatic rings. The molecule has 1 aliphatic heterocycles. The van der Waals surface area contributed by atoms with Crippen LogP contribution in [0.3, 0.4) is 0 Å². The van der Waals surface area contributed by atoms with Crippen LogP contribution in [0.15, 0.2) is 60.7 Å². The Morgan fingerprint density at radius 3 is 2.00 bits per heavy atom. The summed E-state index contributed by atoms with van der Waals surface area (Å²) in [5.41, 5.74) is 8.41. The average Bonchev–Trinajstić information content (AvgIpc) is 2.58. The molecule has 0 unspecified atom stereocenters. The zero-order valence-electron chi connectivity index (χ0n) is 12.3. The van der Waals surface area contributed by atoms with E-state index in [9.17, 15) is 9.59 Å². The molecule has 0 saturated carbocycles. The van der Waals surface area contributed by atoms with Gasteiger partial charge in [-0.1, -0.05) is 42.5 Å². The first-order valence-electron chi connectivity index (χ1n) is 7.38. The third kappa shape index (κ3) is 1.99. The van der Waals surface area contributed by atoms with Gasteiger partial charge in [0.15, 0.2) is 0 Å². The normalized spacial score (nSPS) is 13.7. The Hall–Kier alpha value is -3.14. The maximum atomic E-state index is 12.8. The monoisotopic (exact) mass is 302 g/mol. The largest absolute Gasteiger partial charge is 0.398 e. The van der Waals surface area contributed by atoms with Gasteiger partial charge in [0.05, 0.1) is 6.54 Å². The van der Waals surface area contributed by atoms with E-state index in [1.54, 1.807) is 18.2 Å². The molecule has 2 N–H and O–H groups in total. The Kier molecular flexibility index (Phi) is 2.91. The number of para-hydroxylation sites is 1. The zero-order chi connectivity index (χ0) is 16.0. The summed E-state index contributed by atoms with van der Waals surface area (Å²) in [4.78, 5) is 26.9. The van der Waals surface area contributed by atoms with Gasteiger partial charge in [0, 0.05) is 22.2 Å².